The van der Waals surface area contributed by atoms with Crippen molar-refractivity contribution in [2.24, 2.45) is 5.73 Å². The molecule has 8 nitrogen and oxygen atoms in total. The Hall–Kier alpha value is -2.42. The number of carbonyl (C=O) groups is 1. The number of amides is 1. The fraction of sp³-hybridized carbons (Fsp3) is 0.100. The van der Waals surface area contributed by atoms with Crippen LogP contribution in [0.1, 0.15) is 16.2 Å². The first-order valence-corrected chi connectivity index (χ1v) is 5.94. The van der Waals surface area contributed by atoms with Crippen LogP contribution in [0.4, 0.5) is 5.69 Å². The summed E-state index contributed by atoms with van der Waals surface area (Å²) < 4.78 is 0. The van der Waals surface area contributed by atoms with Crippen molar-refractivity contribution in [1.82, 2.24) is 15.2 Å². The minimum atomic E-state index is -0.714. The van der Waals surface area contributed by atoms with Crippen LogP contribution in [0, 0.1) is 17.0 Å². The smallest absolute Gasteiger partial charge is 0.284 e. The van der Waals surface area contributed by atoms with Gasteiger partial charge in [0.05, 0.1) is 9.82 Å². The predicted octanol–water partition coefficient (Wildman–Crippen LogP) is 1.27. The summed E-state index contributed by atoms with van der Waals surface area (Å²) in [5.74, 6) is -0.104. The lowest BCUT2D eigenvalue weighted by molar-refractivity contribution is -0.387. The van der Waals surface area contributed by atoms with Crippen LogP contribution in [0.5, 0.6) is 0 Å². The first-order valence-electron chi connectivity index (χ1n) is 5.12. The highest BCUT2D eigenvalue weighted by atomic mass is 32.2. The van der Waals surface area contributed by atoms with Crippen LogP contribution in [0.25, 0.3) is 0 Å². The number of nitro benzene ring substituents is 1. The van der Waals surface area contributed by atoms with Gasteiger partial charge in [0.1, 0.15) is 5.82 Å². The fourth-order valence-corrected chi connectivity index (χ4v) is 2.21. The second kappa shape index (κ2) is 5.06. The van der Waals surface area contributed by atoms with E-state index >= 15 is 0 Å². The summed E-state index contributed by atoms with van der Waals surface area (Å²) in [4.78, 5) is 25.8. The van der Waals surface area contributed by atoms with E-state index in [4.69, 9.17) is 5.73 Å². The molecule has 0 radical (unpaired) electrons. The van der Waals surface area contributed by atoms with Crippen LogP contribution in [0.2, 0.25) is 0 Å². The van der Waals surface area contributed by atoms with E-state index < -0.39 is 10.8 Å². The lowest BCUT2D eigenvalue weighted by atomic mass is 10.2. The topological polar surface area (TPSA) is 128 Å². The number of benzene rings is 1. The number of nitrogens with two attached hydrogens (primary N) is 1. The molecular formula is C10H9N5O3S. The Morgan fingerprint density at radius 3 is 2.79 bits per heavy atom. The molecule has 3 N–H and O–H groups in total. The largest absolute Gasteiger partial charge is 0.366 e. The summed E-state index contributed by atoms with van der Waals surface area (Å²) in [7, 11) is 0. The first-order chi connectivity index (χ1) is 8.97. The molecule has 0 aliphatic carbocycles. The Morgan fingerprint density at radius 1 is 1.53 bits per heavy atom. The molecule has 1 aromatic carbocycles. The SMILES string of the molecule is Cc1nc(Sc2ccc(C(N)=O)cc2[N+](=O)[O-])n[nH]1. The van der Waals surface area contributed by atoms with Gasteiger partial charge in [-0.25, -0.2) is 4.98 Å². The van der Waals surface area contributed by atoms with E-state index in [1.807, 2.05) is 0 Å². The molecule has 2 aromatic rings. The molecule has 0 bridgehead atoms. The minimum absolute atomic E-state index is 0.0854. The van der Waals surface area contributed by atoms with E-state index in [-0.39, 0.29) is 11.3 Å². The summed E-state index contributed by atoms with van der Waals surface area (Å²) in [6.07, 6.45) is 0. The number of carbonyl (C=O) groups excluding carboxylic acids is 1. The second-order valence-electron chi connectivity index (χ2n) is 3.61. The molecule has 0 fully saturated rings. The lowest BCUT2D eigenvalue weighted by Gasteiger charge is -2.01. The number of aryl methyl sites for hydroxylation is 1. The number of H-pyrrole nitrogens is 1. The Kier molecular flexibility index (Phi) is 3.47. The van der Waals surface area contributed by atoms with Crippen molar-refractivity contribution >= 4 is 23.4 Å². The normalized spacial score (nSPS) is 10.4. The summed E-state index contributed by atoms with van der Waals surface area (Å²) in [6.45, 7) is 1.72. The van der Waals surface area contributed by atoms with Crippen molar-refractivity contribution < 1.29 is 9.72 Å². The van der Waals surface area contributed by atoms with E-state index in [1.54, 1.807) is 6.92 Å². The molecule has 1 aromatic heterocycles. The van der Waals surface area contributed by atoms with Gasteiger partial charge in [0, 0.05) is 11.6 Å². The summed E-state index contributed by atoms with van der Waals surface area (Å²) in [5.41, 5.74) is 4.97. The average Bonchev–Trinajstić information content (AvgIpc) is 2.74. The molecule has 98 valence electrons. The quantitative estimate of drug-likeness (QED) is 0.640. The number of nitro groups is 1. The zero-order valence-electron chi connectivity index (χ0n) is 9.78. The molecule has 0 saturated heterocycles. The molecule has 0 atom stereocenters. The maximum atomic E-state index is 11.0. The number of nitrogens with one attached hydrogen (secondary N) is 1. The number of aromatic nitrogens is 3. The van der Waals surface area contributed by atoms with Gasteiger partial charge < -0.3 is 5.73 Å². The standard InChI is InChI=1S/C10H9N5O3S/c1-5-12-10(14-13-5)19-8-3-2-6(9(11)16)4-7(8)15(17)18/h2-4H,1H3,(H2,11,16)(H,12,13,14). The van der Waals surface area contributed by atoms with Crippen LogP contribution in [0.15, 0.2) is 28.3 Å². The Morgan fingerprint density at radius 2 is 2.26 bits per heavy atom. The third-order valence-corrected chi connectivity index (χ3v) is 3.15. The zero-order chi connectivity index (χ0) is 14.0. The molecule has 19 heavy (non-hydrogen) atoms. The van der Waals surface area contributed by atoms with Gasteiger partial charge in [-0.2, -0.15) is 0 Å². The van der Waals surface area contributed by atoms with Gasteiger partial charge in [-0.1, -0.05) is 0 Å². The summed E-state index contributed by atoms with van der Waals surface area (Å²) in [5, 5.41) is 17.9. The highest BCUT2D eigenvalue weighted by molar-refractivity contribution is 7.99. The van der Waals surface area contributed by atoms with Crippen molar-refractivity contribution in [3.63, 3.8) is 0 Å². The van der Waals surface area contributed by atoms with E-state index in [1.165, 1.54) is 12.1 Å². The minimum Gasteiger partial charge on any atom is -0.366 e. The number of primary amides is 1. The van der Waals surface area contributed by atoms with Gasteiger partial charge in [0.2, 0.25) is 11.1 Å². The molecule has 2 rings (SSSR count). The second-order valence-corrected chi connectivity index (χ2v) is 4.62. The van der Waals surface area contributed by atoms with Crippen molar-refractivity contribution in [1.29, 1.82) is 0 Å². The van der Waals surface area contributed by atoms with Crippen molar-refractivity contribution in [3.8, 4) is 0 Å². The highest BCUT2D eigenvalue weighted by Gasteiger charge is 2.18. The number of rotatable bonds is 4. The monoisotopic (exact) mass is 279 g/mol. The van der Waals surface area contributed by atoms with E-state index in [9.17, 15) is 14.9 Å². The average molecular weight is 279 g/mol. The van der Waals surface area contributed by atoms with Crippen LogP contribution in [-0.2, 0) is 0 Å². The van der Waals surface area contributed by atoms with Gasteiger partial charge >= 0.3 is 0 Å². The van der Waals surface area contributed by atoms with E-state index in [0.29, 0.717) is 15.9 Å². The highest BCUT2D eigenvalue weighted by Crippen LogP contribution is 2.33. The van der Waals surface area contributed by atoms with Crippen LogP contribution < -0.4 is 5.73 Å². The molecule has 1 heterocycles. The maximum Gasteiger partial charge on any atom is 0.284 e. The van der Waals surface area contributed by atoms with E-state index in [0.717, 1.165) is 17.8 Å². The van der Waals surface area contributed by atoms with Crippen LogP contribution in [-0.4, -0.2) is 26.0 Å². The lowest BCUT2D eigenvalue weighted by Crippen LogP contribution is -2.11. The van der Waals surface area contributed by atoms with Crippen molar-refractivity contribution in [2.45, 2.75) is 17.0 Å². The molecular weight excluding hydrogens is 270 g/mol. The van der Waals surface area contributed by atoms with Gasteiger partial charge in [0.25, 0.3) is 5.69 Å². The molecule has 0 saturated carbocycles. The van der Waals surface area contributed by atoms with Crippen LogP contribution >= 0.6 is 11.8 Å². The maximum absolute atomic E-state index is 11.0. The van der Waals surface area contributed by atoms with E-state index in [2.05, 4.69) is 15.2 Å². The van der Waals surface area contributed by atoms with Crippen molar-refractivity contribution in [2.75, 3.05) is 0 Å². The molecule has 9 heteroatoms. The third kappa shape index (κ3) is 2.88. The molecule has 1 amide bonds. The number of hydrogen-bond acceptors (Lipinski definition) is 6. The molecule has 0 aliphatic heterocycles. The van der Waals surface area contributed by atoms with Crippen molar-refractivity contribution in [3.05, 3.63) is 39.7 Å². The Labute approximate surface area is 111 Å². The molecule has 0 spiro atoms. The van der Waals surface area contributed by atoms with Gasteiger partial charge in [-0.15, -0.1) is 5.10 Å². The van der Waals surface area contributed by atoms with Gasteiger partial charge in [-0.05, 0) is 30.8 Å². The number of hydrogen-bond donors (Lipinski definition) is 2. The Balaban J connectivity index is 2.39. The number of nitrogens with zero attached hydrogens (tertiary/aromatic N) is 3. The van der Waals surface area contributed by atoms with Gasteiger partial charge in [0.15, 0.2) is 0 Å². The first kappa shape index (κ1) is 13.0. The molecule has 0 unspecified atom stereocenters. The third-order valence-electron chi connectivity index (χ3n) is 2.22. The summed E-state index contributed by atoms with van der Waals surface area (Å²) >= 11 is 1.04. The fourth-order valence-electron chi connectivity index (χ4n) is 1.37. The zero-order valence-corrected chi connectivity index (χ0v) is 10.6. The summed E-state index contributed by atoms with van der Waals surface area (Å²) in [6, 6.07) is 4.02. The van der Waals surface area contributed by atoms with Gasteiger partial charge in [-0.3, -0.25) is 20.0 Å². The van der Waals surface area contributed by atoms with Crippen LogP contribution in [0.3, 0.4) is 0 Å². The predicted molar refractivity (Wildman–Crippen MR) is 66.9 cm³/mol. The molecule has 0 aliphatic rings. The number of aromatic amines is 1. The Bertz CT molecular complexity index is 654.